The molecule has 1 aromatic carbocycles. The van der Waals surface area contributed by atoms with Crippen molar-refractivity contribution in [1.29, 1.82) is 0 Å². The smallest absolute Gasteiger partial charge is 0.128 e. The third-order valence-corrected chi connectivity index (χ3v) is 2.94. The highest BCUT2D eigenvalue weighted by Gasteiger charge is 2.11. The zero-order chi connectivity index (χ0) is 11.0. The van der Waals surface area contributed by atoms with Gasteiger partial charge in [0.2, 0.25) is 0 Å². The summed E-state index contributed by atoms with van der Waals surface area (Å²) in [6.07, 6.45) is 0. The van der Waals surface area contributed by atoms with E-state index in [2.05, 4.69) is 0 Å². The largest absolute Gasteiger partial charge is 0.496 e. The van der Waals surface area contributed by atoms with Crippen LogP contribution in [0.25, 0.3) is 10.9 Å². The van der Waals surface area contributed by atoms with Crippen molar-refractivity contribution < 1.29 is 4.74 Å². The third-order valence-electron chi connectivity index (χ3n) is 2.63. The molecule has 0 amide bonds. The second kappa shape index (κ2) is 3.76. The van der Waals surface area contributed by atoms with Crippen LogP contribution in [-0.2, 0) is 13.6 Å². The van der Waals surface area contributed by atoms with Crippen LogP contribution in [0.4, 0.5) is 0 Å². The number of halogens is 1. The number of aryl methyl sites for hydroxylation is 1. The fourth-order valence-electron chi connectivity index (χ4n) is 1.82. The van der Waals surface area contributed by atoms with Gasteiger partial charge in [0.25, 0.3) is 0 Å². The van der Waals surface area contributed by atoms with Gasteiger partial charge < -0.3 is 15.0 Å². The molecule has 0 aliphatic heterocycles. The first-order valence-electron chi connectivity index (χ1n) is 4.70. The highest BCUT2D eigenvalue weighted by molar-refractivity contribution is 6.35. The first-order valence-corrected chi connectivity index (χ1v) is 5.07. The first-order chi connectivity index (χ1) is 7.19. The summed E-state index contributed by atoms with van der Waals surface area (Å²) in [6, 6.07) is 5.72. The van der Waals surface area contributed by atoms with E-state index in [9.17, 15) is 0 Å². The molecule has 0 spiro atoms. The Morgan fingerprint density at radius 2 is 2.20 bits per heavy atom. The Hall–Kier alpha value is -1.19. The van der Waals surface area contributed by atoms with Crippen molar-refractivity contribution in [2.75, 3.05) is 7.11 Å². The van der Waals surface area contributed by atoms with Crippen molar-refractivity contribution >= 4 is 22.5 Å². The van der Waals surface area contributed by atoms with Crippen molar-refractivity contribution in [2.24, 2.45) is 12.8 Å². The Labute approximate surface area is 93.4 Å². The summed E-state index contributed by atoms with van der Waals surface area (Å²) in [7, 11) is 3.60. The van der Waals surface area contributed by atoms with Crippen molar-refractivity contribution in [3.05, 3.63) is 28.9 Å². The van der Waals surface area contributed by atoms with Crippen molar-refractivity contribution in [2.45, 2.75) is 6.54 Å². The number of nitrogens with two attached hydrogens (primary N) is 1. The number of nitrogens with zero attached hydrogens (tertiary/aromatic N) is 1. The monoisotopic (exact) mass is 224 g/mol. The van der Waals surface area contributed by atoms with Crippen LogP contribution in [0.5, 0.6) is 5.75 Å². The fourth-order valence-corrected chi connectivity index (χ4v) is 2.12. The summed E-state index contributed by atoms with van der Waals surface area (Å²) >= 11 is 6.14. The Bertz CT molecular complexity index is 505. The van der Waals surface area contributed by atoms with Crippen LogP contribution in [0.3, 0.4) is 0 Å². The van der Waals surface area contributed by atoms with Crippen molar-refractivity contribution in [3.8, 4) is 5.75 Å². The Morgan fingerprint density at radius 1 is 1.47 bits per heavy atom. The first kappa shape index (κ1) is 10.3. The van der Waals surface area contributed by atoms with Gasteiger partial charge in [0.1, 0.15) is 5.75 Å². The molecule has 4 heteroatoms. The average Bonchev–Trinajstić information content (AvgIpc) is 2.57. The number of rotatable bonds is 2. The van der Waals surface area contributed by atoms with Gasteiger partial charge in [-0.1, -0.05) is 11.6 Å². The lowest BCUT2D eigenvalue weighted by molar-refractivity contribution is 0.420. The molecule has 15 heavy (non-hydrogen) atoms. The van der Waals surface area contributed by atoms with Crippen LogP contribution in [0.2, 0.25) is 5.02 Å². The van der Waals surface area contributed by atoms with E-state index in [4.69, 9.17) is 22.1 Å². The number of aromatic nitrogens is 1. The third kappa shape index (κ3) is 1.48. The normalized spacial score (nSPS) is 10.9. The molecule has 0 unspecified atom stereocenters. The molecule has 0 fully saturated rings. The lowest BCUT2D eigenvalue weighted by atomic mass is 10.2. The quantitative estimate of drug-likeness (QED) is 0.851. The number of hydrogen-bond donors (Lipinski definition) is 1. The van der Waals surface area contributed by atoms with Gasteiger partial charge in [-0.25, -0.2) is 0 Å². The van der Waals surface area contributed by atoms with E-state index in [0.717, 1.165) is 22.3 Å². The number of fused-ring (bicyclic) bond motifs is 1. The summed E-state index contributed by atoms with van der Waals surface area (Å²) < 4.78 is 7.28. The molecule has 1 heterocycles. The summed E-state index contributed by atoms with van der Waals surface area (Å²) in [5.74, 6) is 0.824. The maximum atomic E-state index is 6.14. The van der Waals surface area contributed by atoms with Gasteiger partial charge in [0.05, 0.1) is 17.6 Å². The second-order valence-corrected chi connectivity index (χ2v) is 3.82. The molecular weight excluding hydrogens is 212 g/mol. The molecule has 0 saturated carbocycles. The van der Waals surface area contributed by atoms with E-state index >= 15 is 0 Å². The minimum Gasteiger partial charge on any atom is -0.496 e. The van der Waals surface area contributed by atoms with E-state index in [1.165, 1.54) is 0 Å². The molecular formula is C11H13ClN2O. The lowest BCUT2D eigenvalue weighted by Crippen LogP contribution is -2.02. The molecule has 2 rings (SSSR count). The number of ether oxygens (including phenoxy) is 1. The summed E-state index contributed by atoms with van der Waals surface area (Å²) in [5, 5.41) is 1.72. The zero-order valence-electron chi connectivity index (χ0n) is 8.75. The predicted molar refractivity (Wildman–Crippen MR) is 62.4 cm³/mol. The molecule has 80 valence electrons. The van der Waals surface area contributed by atoms with E-state index in [1.54, 1.807) is 7.11 Å². The van der Waals surface area contributed by atoms with Crippen LogP contribution in [0.15, 0.2) is 18.2 Å². The van der Waals surface area contributed by atoms with Crippen molar-refractivity contribution in [3.63, 3.8) is 0 Å². The maximum absolute atomic E-state index is 6.14. The van der Waals surface area contributed by atoms with Crippen LogP contribution < -0.4 is 10.5 Å². The van der Waals surface area contributed by atoms with Gasteiger partial charge >= 0.3 is 0 Å². The number of benzene rings is 1. The van der Waals surface area contributed by atoms with Gasteiger partial charge in [0, 0.05) is 24.7 Å². The molecule has 3 nitrogen and oxygen atoms in total. The van der Waals surface area contributed by atoms with E-state index in [0.29, 0.717) is 11.6 Å². The molecule has 0 aliphatic rings. The molecule has 0 saturated heterocycles. The molecule has 1 aromatic heterocycles. The van der Waals surface area contributed by atoms with Crippen molar-refractivity contribution in [1.82, 2.24) is 4.57 Å². The van der Waals surface area contributed by atoms with E-state index in [1.807, 2.05) is 29.8 Å². The Kier molecular flexibility index (Phi) is 2.59. The summed E-state index contributed by atoms with van der Waals surface area (Å²) in [5.41, 5.74) is 7.66. The van der Waals surface area contributed by atoms with Gasteiger partial charge in [-0.2, -0.15) is 0 Å². The van der Waals surface area contributed by atoms with Gasteiger partial charge in [-0.3, -0.25) is 0 Å². The van der Waals surface area contributed by atoms with Gasteiger partial charge in [-0.05, 0) is 18.2 Å². The number of hydrogen-bond acceptors (Lipinski definition) is 2. The highest BCUT2D eigenvalue weighted by Crippen LogP contribution is 2.33. The molecule has 2 aromatic rings. The van der Waals surface area contributed by atoms with E-state index in [-0.39, 0.29) is 0 Å². The fraction of sp³-hybridized carbons (Fsp3) is 0.273. The Morgan fingerprint density at radius 3 is 2.80 bits per heavy atom. The summed E-state index contributed by atoms with van der Waals surface area (Å²) in [6.45, 7) is 0.491. The van der Waals surface area contributed by atoms with Crippen LogP contribution in [0, 0.1) is 0 Å². The standard InChI is InChI=1S/C11H13ClN2O/c1-14-7(6-13)5-8-10(15-2)4-3-9(12)11(8)14/h3-5H,6,13H2,1-2H3. The summed E-state index contributed by atoms with van der Waals surface area (Å²) in [4.78, 5) is 0. The molecule has 0 bridgehead atoms. The highest BCUT2D eigenvalue weighted by atomic mass is 35.5. The number of methoxy groups -OCH3 is 1. The molecule has 2 N–H and O–H groups in total. The SMILES string of the molecule is COc1ccc(Cl)c2c1cc(CN)n2C. The van der Waals surface area contributed by atoms with Gasteiger partial charge in [-0.15, -0.1) is 0 Å². The zero-order valence-corrected chi connectivity index (χ0v) is 9.51. The predicted octanol–water partition coefficient (Wildman–Crippen LogP) is 2.30. The average molecular weight is 225 g/mol. The van der Waals surface area contributed by atoms with Crippen LogP contribution in [0.1, 0.15) is 5.69 Å². The second-order valence-electron chi connectivity index (χ2n) is 3.41. The maximum Gasteiger partial charge on any atom is 0.128 e. The Balaban J connectivity index is 2.85. The van der Waals surface area contributed by atoms with Crippen LogP contribution >= 0.6 is 11.6 Å². The van der Waals surface area contributed by atoms with Crippen LogP contribution in [-0.4, -0.2) is 11.7 Å². The minimum atomic E-state index is 0.491. The lowest BCUT2D eigenvalue weighted by Gasteiger charge is -2.05. The molecule has 0 aliphatic carbocycles. The minimum absolute atomic E-state index is 0.491. The molecule has 0 atom stereocenters. The van der Waals surface area contributed by atoms with E-state index < -0.39 is 0 Å². The topological polar surface area (TPSA) is 40.2 Å². The van der Waals surface area contributed by atoms with Gasteiger partial charge in [0.15, 0.2) is 0 Å². The molecule has 0 radical (unpaired) electrons.